The van der Waals surface area contributed by atoms with Crippen LogP contribution in [0.2, 0.25) is 0 Å². The molecule has 0 radical (unpaired) electrons. The molecular formula is C18H24N2O2. The number of carbonyl (C=O) groups is 1. The third-order valence-electron chi connectivity index (χ3n) is 3.63. The zero-order valence-corrected chi connectivity index (χ0v) is 13.2. The van der Waals surface area contributed by atoms with Crippen molar-refractivity contribution < 1.29 is 9.21 Å². The highest BCUT2D eigenvalue weighted by molar-refractivity contribution is 5.76. The van der Waals surface area contributed by atoms with Gasteiger partial charge in [-0.1, -0.05) is 32.0 Å². The molecule has 2 N–H and O–H groups in total. The number of para-hydroxylation sites is 1. The smallest absolute Gasteiger partial charge is 0.220 e. The first-order chi connectivity index (χ1) is 10.6. The molecule has 0 fully saturated rings. The lowest BCUT2D eigenvalue weighted by Crippen LogP contribution is -2.39. The molecule has 4 heteroatoms. The summed E-state index contributed by atoms with van der Waals surface area (Å²) in [5, 5.41) is 6.47. The number of furan rings is 1. The Morgan fingerprint density at radius 3 is 2.55 bits per heavy atom. The average molecular weight is 300 g/mol. The summed E-state index contributed by atoms with van der Waals surface area (Å²) in [4.78, 5) is 11.9. The summed E-state index contributed by atoms with van der Waals surface area (Å²) in [6.45, 7) is 4.91. The van der Waals surface area contributed by atoms with Crippen LogP contribution in [-0.4, -0.2) is 18.5 Å². The normalized spacial score (nSPS) is 12.1. The van der Waals surface area contributed by atoms with Crippen LogP contribution in [0.25, 0.3) is 0 Å². The molecule has 1 unspecified atom stereocenters. The molecule has 0 aliphatic heterocycles. The van der Waals surface area contributed by atoms with E-state index in [1.807, 2.05) is 42.5 Å². The molecule has 1 aromatic carbocycles. The first-order valence-corrected chi connectivity index (χ1v) is 7.76. The van der Waals surface area contributed by atoms with Gasteiger partial charge in [0, 0.05) is 31.1 Å². The van der Waals surface area contributed by atoms with Gasteiger partial charge in [-0.2, -0.15) is 0 Å². The second-order valence-corrected chi connectivity index (χ2v) is 5.74. The van der Waals surface area contributed by atoms with Gasteiger partial charge < -0.3 is 15.1 Å². The van der Waals surface area contributed by atoms with Crippen LogP contribution < -0.4 is 10.6 Å². The summed E-state index contributed by atoms with van der Waals surface area (Å²) in [5.74, 6) is 1.32. The number of aryl methyl sites for hydroxylation is 1. The second kappa shape index (κ2) is 8.27. The minimum Gasteiger partial charge on any atom is -0.469 e. The molecule has 0 aliphatic carbocycles. The predicted molar refractivity (Wildman–Crippen MR) is 88.7 cm³/mol. The van der Waals surface area contributed by atoms with Crippen LogP contribution >= 0.6 is 0 Å². The van der Waals surface area contributed by atoms with Crippen LogP contribution in [0.1, 0.15) is 26.0 Å². The van der Waals surface area contributed by atoms with Gasteiger partial charge >= 0.3 is 0 Å². The summed E-state index contributed by atoms with van der Waals surface area (Å²) in [6, 6.07) is 14.0. The number of hydrogen-bond acceptors (Lipinski definition) is 3. The lowest BCUT2D eigenvalue weighted by atomic mass is 10.0. The summed E-state index contributed by atoms with van der Waals surface area (Å²) >= 11 is 0. The maximum absolute atomic E-state index is 11.9. The van der Waals surface area contributed by atoms with Crippen molar-refractivity contribution in [2.75, 3.05) is 11.9 Å². The Kier molecular flexibility index (Phi) is 6.07. The van der Waals surface area contributed by atoms with E-state index in [2.05, 4.69) is 24.5 Å². The predicted octanol–water partition coefficient (Wildman–Crippen LogP) is 3.47. The Hall–Kier alpha value is -2.23. The lowest BCUT2D eigenvalue weighted by molar-refractivity contribution is -0.121. The standard InChI is InChI=1S/C18H24N2O2/c1-14(2)17(20-15-7-4-3-5-8-15)13-19-18(21)11-10-16-9-6-12-22-16/h3-9,12,14,17,20H,10-11,13H2,1-2H3,(H,19,21). The maximum Gasteiger partial charge on any atom is 0.220 e. The van der Waals surface area contributed by atoms with Crippen molar-refractivity contribution in [3.63, 3.8) is 0 Å². The summed E-state index contributed by atoms with van der Waals surface area (Å²) in [6.07, 6.45) is 2.72. The highest BCUT2D eigenvalue weighted by Gasteiger charge is 2.14. The Balaban J connectivity index is 1.77. The third-order valence-corrected chi connectivity index (χ3v) is 3.63. The van der Waals surface area contributed by atoms with Gasteiger partial charge in [0.15, 0.2) is 0 Å². The number of carbonyl (C=O) groups excluding carboxylic acids is 1. The zero-order chi connectivity index (χ0) is 15.8. The molecule has 118 valence electrons. The maximum atomic E-state index is 11.9. The second-order valence-electron chi connectivity index (χ2n) is 5.74. The highest BCUT2D eigenvalue weighted by atomic mass is 16.3. The molecule has 1 heterocycles. The third kappa shape index (κ3) is 5.28. The number of hydrogen-bond donors (Lipinski definition) is 2. The minimum absolute atomic E-state index is 0.0527. The average Bonchev–Trinajstić information content (AvgIpc) is 3.03. The van der Waals surface area contributed by atoms with Crippen molar-refractivity contribution in [2.24, 2.45) is 5.92 Å². The molecule has 1 atom stereocenters. The largest absolute Gasteiger partial charge is 0.469 e. The fraction of sp³-hybridized carbons (Fsp3) is 0.389. The highest BCUT2D eigenvalue weighted by Crippen LogP contribution is 2.12. The molecule has 0 spiro atoms. The Morgan fingerprint density at radius 2 is 1.91 bits per heavy atom. The van der Waals surface area contributed by atoms with Crippen LogP contribution in [0, 0.1) is 5.92 Å². The van der Waals surface area contributed by atoms with E-state index >= 15 is 0 Å². The van der Waals surface area contributed by atoms with Gasteiger partial charge in [0.05, 0.1) is 6.26 Å². The van der Waals surface area contributed by atoms with Crippen molar-refractivity contribution in [1.29, 1.82) is 0 Å². The summed E-state index contributed by atoms with van der Waals surface area (Å²) in [7, 11) is 0. The van der Waals surface area contributed by atoms with Crippen molar-refractivity contribution >= 4 is 11.6 Å². The van der Waals surface area contributed by atoms with Crippen LogP contribution in [-0.2, 0) is 11.2 Å². The molecule has 4 nitrogen and oxygen atoms in total. The van der Waals surface area contributed by atoms with Gasteiger partial charge in [0.2, 0.25) is 5.91 Å². The van der Waals surface area contributed by atoms with E-state index in [-0.39, 0.29) is 11.9 Å². The number of amides is 1. The zero-order valence-electron chi connectivity index (χ0n) is 13.2. The van der Waals surface area contributed by atoms with Crippen molar-refractivity contribution in [1.82, 2.24) is 5.32 Å². The van der Waals surface area contributed by atoms with E-state index in [1.165, 1.54) is 0 Å². The van der Waals surface area contributed by atoms with Gasteiger partial charge in [0.25, 0.3) is 0 Å². The molecule has 0 aliphatic rings. The Bertz CT molecular complexity index is 550. The molecule has 2 aromatic rings. The molecule has 0 saturated heterocycles. The van der Waals surface area contributed by atoms with Crippen LogP contribution in [0.5, 0.6) is 0 Å². The van der Waals surface area contributed by atoms with E-state index < -0.39 is 0 Å². The Morgan fingerprint density at radius 1 is 1.14 bits per heavy atom. The number of rotatable bonds is 8. The molecule has 1 amide bonds. The van der Waals surface area contributed by atoms with Gasteiger partial charge in [-0.05, 0) is 30.2 Å². The van der Waals surface area contributed by atoms with Gasteiger partial charge in [0.1, 0.15) is 5.76 Å². The number of nitrogens with one attached hydrogen (secondary N) is 2. The van der Waals surface area contributed by atoms with E-state index in [0.717, 1.165) is 11.4 Å². The van der Waals surface area contributed by atoms with Gasteiger partial charge in [-0.15, -0.1) is 0 Å². The molecular weight excluding hydrogens is 276 g/mol. The van der Waals surface area contributed by atoms with Crippen LogP contribution in [0.3, 0.4) is 0 Å². The Labute approximate surface area is 131 Å². The minimum atomic E-state index is 0.0527. The van der Waals surface area contributed by atoms with Gasteiger partial charge in [-0.3, -0.25) is 4.79 Å². The fourth-order valence-corrected chi connectivity index (χ4v) is 2.21. The van der Waals surface area contributed by atoms with Crippen LogP contribution in [0.4, 0.5) is 5.69 Å². The molecule has 0 saturated carbocycles. The monoisotopic (exact) mass is 300 g/mol. The van der Waals surface area contributed by atoms with Crippen molar-refractivity contribution in [2.45, 2.75) is 32.7 Å². The van der Waals surface area contributed by atoms with Crippen LogP contribution in [0.15, 0.2) is 53.1 Å². The fourth-order valence-electron chi connectivity index (χ4n) is 2.21. The first kappa shape index (κ1) is 16.1. The summed E-state index contributed by atoms with van der Waals surface area (Å²) < 4.78 is 5.23. The summed E-state index contributed by atoms with van der Waals surface area (Å²) in [5.41, 5.74) is 1.08. The first-order valence-electron chi connectivity index (χ1n) is 7.76. The number of anilines is 1. The molecule has 1 aromatic heterocycles. The van der Waals surface area contributed by atoms with Gasteiger partial charge in [-0.25, -0.2) is 0 Å². The molecule has 2 rings (SSSR count). The van der Waals surface area contributed by atoms with E-state index in [0.29, 0.717) is 25.3 Å². The molecule has 22 heavy (non-hydrogen) atoms. The van der Waals surface area contributed by atoms with Crippen molar-refractivity contribution in [3.8, 4) is 0 Å². The SMILES string of the molecule is CC(C)C(CNC(=O)CCc1ccco1)Nc1ccccc1. The van der Waals surface area contributed by atoms with E-state index in [1.54, 1.807) is 6.26 Å². The van der Waals surface area contributed by atoms with E-state index in [9.17, 15) is 4.79 Å². The van der Waals surface area contributed by atoms with Crippen molar-refractivity contribution in [3.05, 3.63) is 54.5 Å². The quantitative estimate of drug-likeness (QED) is 0.785. The molecule has 0 bridgehead atoms. The van der Waals surface area contributed by atoms with E-state index in [4.69, 9.17) is 4.42 Å². The number of benzene rings is 1. The topological polar surface area (TPSA) is 54.3 Å². The lowest BCUT2D eigenvalue weighted by Gasteiger charge is -2.24.